The number of hydrogen-bond donors (Lipinski definition) is 0. The number of ether oxygens (including phenoxy) is 1. The summed E-state index contributed by atoms with van der Waals surface area (Å²) >= 11 is 0. The molecule has 0 atom stereocenters. The average Bonchev–Trinajstić information content (AvgIpc) is 2.35. The van der Waals surface area contributed by atoms with Crippen LogP contribution < -0.4 is 4.74 Å². The number of methoxy groups -OCH3 is 1. The Kier molecular flexibility index (Phi) is 4.18. The highest BCUT2D eigenvalue weighted by atomic mass is 16.5. The summed E-state index contributed by atoms with van der Waals surface area (Å²) in [5, 5.41) is 8.52. The van der Waals surface area contributed by atoms with Gasteiger partial charge in [-0.05, 0) is 18.1 Å². The molecular formula is C13H13N3O. The van der Waals surface area contributed by atoms with E-state index in [2.05, 4.69) is 23.1 Å². The van der Waals surface area contributed by atoms with E-state index < -0.39 is 0 Å². The van der Waals surface area contributed by atoms with E-state index in [1.807, 2.05) is 19.1 Å². The largest absolute Gasteiger partial charge is 0.481 e. The molecule has 0 bridgehead atoms. The summed E-state index contributed by atoms with van der Waals surface area (Å²) in [4.78, 5) is 7.96. The van der Waals surface area contributed by atoms with E-state index in [0.717, 1.165) is 11.1 Å². The predicted molar refractivity (Wildman–Crippen MR) is 67.8 cm³/mol. The number of rotatable bonds is 4. The smallest absolute Gasteiger partial charge is 0.213 e. The maximum atomic E-state index is 8.52. The Bertz CT molecular complexity index is 524. The summed E-state index contributed by atoms with van der Waals surface area (Å²) in [6, 6.07) is 3.65. The molecule has 0 aliphatic carbocycles. The molecule has 1 heterocycles. The zero-order chi connectivity index (χ0) is 12.8. The Morgan fingerprint density at radius 2 is 2.29 bits per heavy atom. The molecule has 0 unspecified atom stereocenters. The number of pyridine rings is 1. The zero-order valence-electron chi connectivity index (χ0n) is 9.90. The van der Waals surface area contributed by atoms with E-state index in [1.165, 1.54) is 6.21 Å². The number of aromatic nitrogens is 1. The van der Waals surface area contributed by atoms with Crippen LogP contribution in [0.4, 0.5) is 0 Å². The van der Waals surface area contributed by atoms with Crippen molar-refractivity contribution in [2.45, 2.75) is 6.92 Å². The summed E-state index contributed by atoms with van der Waals surface area (Å²) in [7, 11) is 1.56. The molecule has 86 valence electrons. The fourth-order valence-corrected chi connectivity index (χ4v) is 1.23. The first-order valence-electron chi connectivity index (χ1n) is 4.91. The molecule has 0 saturated heterocycles. The maximum Gasteiger partial charge on any atom is 0.213 e. The van der Waals surface area contributed by atoms with Crippen LogP contribution in [0.25, 0.3) is 5.57 Å². The molecule has 0 fully saturated rings. The topological polar surface area (TPSA) is 58.3 Å². The fraction of sp³-hybridized carbons (Fsp3) is 0.154. The van der Waals surface area contributed by atoms with Crippen molar-refractivity contribution in [3.63, 3.8) is 0 Å². The molecule has 0 amide bonds. The van der Waals surface area contributed by atoms with Crippen LogP contribution in [0.3, 0.4) is 0 Å². The van der Waals surface area contributed by atoms with Gasteiger partial charge < -0.3 is 4.74 Å². The molecule has 1 aromatic rings. The van der Waals surface area contributed by atoms with E-state index in [4.69, 9.17) is 10.00 Å². The number of hydrogen-bond acceptors (Lipinski definition) is 4. The molecule has 0 radical (unpaired) electrons. The van der Waals surface area contributed by atoms with Crippen molar-refractivity contribution in [1.82, 2.24) is 4.98 Å². The van der Waals surface area contributed by atoms with Crippen LogP contribution in [-0.4, -0.2) is 18.3 Å². The fourth-order valence-electron chi connectivity index (χ4n) is 1.23. The van der Waals surface area contributed by atoms with E-state index in [1.54, 1.807) is 13.3 Å². The number of nitriles is 1. The van der Waals surface area contributed by atoms with Gasteiger partial charge in [-0.3, -0.25) is 0 Å². The second-order valence-corrected chi connectivity index (χ2v) is 3.38. The molecule has 1 rings (SSSR count). The normalized spacial score (nSPS) is 9.94. The second-order valence-electron chi connectivity index (χ2n) is 3.38. The first-order chi connectivity index (χ1) is 8.08. The number of allylic oxidation sites excluding steroid dienone is 2. The molecule has 1 aromatic heterocycles. The lowest BCUT2D eigenvalue weighted by Gasteiger charge is -2.06. The molecule has 0 aromatic carbocycles. The van der Waals surface area contributed by atoms with Gasteiger partial charge in [-0.25, -0.2) is 9.98 Å². The van der Waals surface area contributed by atoms with Gasteiger partial charge in [0.2, 0.25) is 5.88 Å². The van der Waals surface area contributed by atoms with Crippen molar-refractivity contribution in [1.29, 1.82) is 5.26 Å². The van der Waals surface area contributed by atoms with Crippen LogP contribution in [0.2, 0.25) is 0 Å². The Balaban J connectivity index is 2.94. The molecule has 4 heteroatoms. The Morgan fingerprint density at radius 1 is 1.59 bits per heavy atom. The predicted octanol–water partition coefficient (Wildman–Crippen LogP) is 2.52. The summed E-state index contributed by atoms with van der Waals surface area (Å²) in [6.07, 6.45) is 3.17. The van der Waals surface area contributed by atoms with Gasteiger partial charge >= 0.3 is 0 Å². The zero-order valence-corrected chi connectivity index (χ0v) is 9.90. The molecule has 0 aliphatic rings. The SMILES string of the molecule is C=C(C#N)/N=C/C(=C)c1cnc(OC)cc1C. The third-order valence-corrected chi connectivity index (χ3v) is 2.15. The molecule has 0 spiro atoms. The summed E-state index contributed by atoms with van der Waals surface area (Å²) in [5.74, 6) is 0.553. The highest BCUT2D eigenvalue weighted by Gasteiger charge is 2.03. The Morgan fingerprint density at radius 3 is 2.82 bits per heavy atom. The van der Waals surface area contributed by atoms with Gasteiger partial charge in [0.1, 0.15) is 11.8 Å². The molecule has 0 N–H and O–H groups in total. The lowest BCUT2D eigenvalue weighted by Crippen LogP contribution is -1.94. The third kappa shape index (κ3) is 3.28. The van der Waals surface area contributed by atoms with Gasteiger partial charge in [-0.15, -0.1) is 0 Å². The van der Waals surface area contributed by atoms with Crippen LogP contribution in [0.1, 0.15) is 11.1 Å². The molecule has 0 aliphatic heterocycles. The number of nitrogens with zero attached hydrogens (tertiary/aromatic N) is 3. The quantitative estimate of drug-likeness (QED) is 0.586. The van der Waals surface area contributed by atoms with Crippen molar-refractivity contribution in [2.75, 3.05) is 7.11 Å². The Labute approximate surface area is 101 Å². The minimum Gasteiger partial charge on any atom is -0.481 e. The molecule has 0 saturated carbocycles. The van der Waals surface area contributed by atoms with E-state index >= 15 is 0 Å². The summed E-state index contributed by atoms with van der Waals surface area (Å²) < 4.78 is 5.01. The highest BCUT2D eigenvalue weighted by molar-refractivity contribution is 6.09. The first kappa shape index (κ1) is 12.7. The maximum absolute atomic E-state index is 8.52. The number of aliphatic imine (C=N–C) groups is 1. The second kappa shape index (κ2) is 5.61. The Hall–Kier alpha value is -2.41. The van der Waals surface area contributed by atoms with Gasteiger partial charge in [0, 0.05) is 24.0 Å². The monoisotopic (exact) mass is 227 g/mol. The van der Waals surface area contributed by atoms with Crippen molar-refractivity contribution in [3.05, 3.63) is 42.2 Å². The number of aryl methyl sites for hydroxylation is 1. The van der Waals surface area contributed by atoms with Crippen LogP contribution in [0, 0.1) is 18.3 Å². The van der Waals surface area contributed by atoms with Gasteiger partial charge in [0.05, 0.1) is 7.11 Å². The molecule has 17 heavy (non-hydrogen) atoms. The van der Waals surface area contributed by atoms with Crippen LogP contribution >= 0.6 is 0 Å². The van der Waals surface area contributed by atoms with Crippen molar-refractivity contribution in [3.8, 4) is 11.9 Å². The van der Waals surface area contributed by atoms with Crippen LogP contribution in [-0.2, 0) is 0 Å². The standard InChI is InChI=1S/C13H13N3O/c1-9-5-13(17-4)16-8-12(9)10(2)7-15-11(3)6-14/h5,7-8H,2-3H2,1,4H3/b15-7+. The van der Waals surface area contributed by atoms with E-state index in [9.17, 15) is 0 Å². The molecule has 4 nitrogen and oxygen atoms in total. The lowest BCUT2D eigenvalue weighted by atomic mass is 10.1. The summed E-state index contributed by atoms with van der Waals surface area (Å²) in [6.45, 7) is 9.25. The van der Waals surface area contributed by atoms with Gasteiger partial charge in [0.15, 0.2) is 0 Å². The molecular weight excluding hydrogens is 214 g/mol. The van der Waals surface area contributed by atoms with Gasteiger partial charge in [-0.2, -0.15) is 5.26 Å². The first-order valence-corrected chi connectivity index (χ1v) is 4.91. The summed E-state index contributed by atoms with van der Waals surface area (Å²) in [5.41, 5.74) is 2.66. The highest BCUT2D eigenvalue weighted by Crippen LogP contribution is 2.18. The van der Waals surface area contributed by atoms with Gasteiger partial charge in [0.25, 0.3) is 0 Å². The average molecular weight is 227 g/mol. The van der Waals surface area contributed by atoms with Crippen molar-refractivity contribution >= 4 is 11.8 Å². The van der Waals surface area contributed by atoms with Gasteiger partial charge in [-0.1, -0.05) is 13.2 Å². The third-order valence-electron chi connectivity index (χ3n) is 2.15. The minimum atomic E-state index is 0.144. The van der Waals surface area contributed by atoms with E-state index in [0.29, 0.717) is 11.5 Å². The van der Waals surface area contributed by atoms with E-state index in [-0.39, 0.29) is 5.70 Å². The van der Waals surface area contributed by atoms with Crippen molar-refractivity contribution in [2.24, 2.45) is 4.99 Å². The lowest BCUT2D eigenvalue weighted by molar-refractivity contribution is 0.397. The van der Waals surface area contributed by atoms with Crippen LogP contribution in [0.5, 0.6) is 5.88 Å². The minimum absolute atomic E-state index is 0.144. The van der Waals surface area contributed by atoms with Crippen LogP contribution in [0.15, 0.2) is 36.1 Å². The van der Waals surface area contributed by atoms with Crippen molar-refractivity contribution < 1.29 is 4.74 Å².